The maximum Gasteiger partial charge on any atom is 0.315 e. The number of nitrogens with zero attached hydrogens (tertiary/aromatic N) is 1. The smallest absolute Gasteiger partial charge is 0.315 e. The third-order valence-electron chi connectivity index (χ3n) is 10.5. The zero-order valence-corrected chi connectivity index (χ0v) is 35.3. The Bertz CT molecular complexity index is 1470. The average molecular weight is 786 g/mol. The van der Waals surface area contributed by atoms with Gasteiger partial charge in [0.05, 0.1) is 17.3 Å². The molecular formula is C40H69F2N5O6S. The van der Waals surface area contributed by atoms with Crippen molar-refractivity contribution >= 4 is 27.7 Å². The summed E-state index contributed by atoms with van der Waals surface area (Å²) in [6, 6.07) is 3.97. The van der Waals surface area contributed by atoms with Crippen molar-refractivity contribution < 1.29 is 36.7 Å². The number of halogens is 2. The van der Waals surface area contributed by atoms with Crippen LogP contribution in [0.25, 0.3) is 0 Å². The van der Waals surface area contributed by atoms with Crippen LogP contribution in [0.1, 0.15) is 125 Å². The highest BCUT2D eigenvalue weighted by Crippen LogP contribution is 2.30. The Morgan fingerprint density at radius 2 is 1.54 bits per heavy atom. The van der Waals surface area contributed by atoms with Crippen molar-refractivity contribution in [3.8, 4) is 0 Å². The lowest BCUT2D eigenvalue weighted by Gasteiger charge is -2.41. The van der Waals surface area contributed by atoms with E-state index in [1.807, 2.05) is 72.7 Å². The van der Waals surface area contributed by atoms with Gasteiger partial charge in [0.2, 0.25) is 18.2 Å². The Balaban J connectivity index is 2.11. The second-order valence-electron chi connectivity index (χ2n) is 18.2. The first kappa shape index (κ1) is 47.3. The summed E-state index contributed by atoms with van der Waals surface area (Å²) in [6.45, 7) is 20.2. The molecule has 1 saturated heterocycles. The van der Waals surface area contributed by atoms with Gasteiger partial charge in [-0.15, -0.1) is 0 Å². The highest BCUT2D eigenvalue weighted by Gasteiger charge is 2.43. The second kappa shape index (κ2) is 19.8. The van der Waals surface area contributed by atoms with Gasteiger partial charge in [-0.1, -0.05) is 99.9 Å². The summed E-state index contributed by atoms with van der Waals surface area (Å²) in [5.41, 5.74) is 1.12. The molecule has 1 heterocycles. The van der Waals surface area contributed by atoms with Gasteiger partial charge in [-0.2, -0.15) is 0 Å². The maximum atomic E-state index is 13.6. The van der Waals surface area contributed by atoms with E-state index in [-0.39, 0.29) is 23.4 Å². The lowest BCUT2D eigenvalue weighted by molar-refractivity contribution is -0.136. The van der Waals surface area contributed by atoms with Crippen LogP contribution in [0.15, 0.2) is 24.3 Å². The number of likely N-dealkylation sites (tertiary alicyclic amines) is 1. The summed E-state index contributed by atoms with van der Waals surface area (Å²) in [6.07, 6.45) is -0.256. The maximum absolute atomic E-state index is 13.6. The number of amides is 4. The fourth-order valence-corrected chi connectivity index (χ4v) is 8.15. The van der Waals surface area contributed by atoms with Gasteiger partial charge >= 0.3 is 6.03 Å². The minimum atomic E-state index is -3.18. The normalized spacial score (nSPS) is 18.8. The standard InChI is InChI=1S/C40H69F2N5O6S/c1-12-28(54(11,52)53)15-13-17-31(39(5,6)7)45-37(51)46-33(40(8,9)10)36(50)47-24-14-16-30(47)35(49)44-29(25-32(41)42)34(48)43-23-22-26-18-20-27(21-19-26)38(2,3)4/h18-21,28-33,36,50H,12-17,22-25H2,1-11H3,(H,43,48)(H,44,49)(H2,45,46,51)/t28?,29-,30-,31+,33+,36?/m0/s1. The number of aliphatic hydroxyl groups is 1. The van der Waals surface area contributed by atoms with Crippen LogP contribution < -0.4 is 21.3 Å². The molecule has 2 rings (SSSR count). The SMILES string of the molecule is CCC(CCC[C@@H](NC(=O)N[C@H](C(O)N1CCC[C@H]1C(=O)N[C@@H](CC(F)F)C(=O)NCCc1ccc(C(C)(C)C)cc1)C(C)(C)C)C(C)(C)C)S(C)(=O)=O. The number of carbonyl (C=O) groups excluding carboxylic acids is 3. The summed E-state index contributed by atoms with van der Waals surface area (Å²) in [7, 11) is -3.18. The molecule has 2 unspecified atom stereocenters. The van der Waals surface area contributed by atoms with E-state index >= 15 is 0 Å². The fourth-order valence-electron chi connectivity index (χ4n) is 6.95. The summed E-state index contributed by atoms with van der Waals surface area (Å²) in [5, 5.41) is 22.5. The highest BCUT2D eigenvalue weighted by atomic mass is 32.2. The lowest BCUT2D eigenvalue weighted by Crippen LogP contribution is -2.63. The zero-order valence-electron chi connectivity index (χ0n) is 34.5. The molecule has 1 aromatic carbocycles. The van der Waals surface area contributed by atoms with Gasteiger partial charge in [-0.05, 0) is 65.9 Å². The quantitative estimate of drug-likeness (QED) is 0.128. The molecule has 0 aromatic heterocycles. The van der Waals surface area contributed by atoms with Crippen LogP contribution in [0.3, 0.4) is 0 Å². The molecule has 310 valence electrons. The van der Waals surface area contributed by atoms with Gasteiger partial charge < -0.3 is 26.4 Å². The number of urea groups is 1. The van der Waals surface area contributed by atoms with Crippen LogP contribution in [0.4, 0.5) is 13.6 Å². The van der Waals surface area contributed by atoms with Crippen LogP contribution in [0.2, 0.25) is 0 Å². The minimum Gasteiger partial charge on any atom is -0.376 e. The van der Waals surface area contributed by atoms with Crippen LogP contribution in [0.5, 0.6) is 0 Å². The Labute approximate surface area is 323 Å². The predicted molar refractivity (Wildman–Crippen MR) is 211 cm³/mol. The van der Waals surface area contributed by atoms with Gasteiger partial charge in [0.1, 0.15) is 22.1 Å². The van der Waals surface area contributed by atoms with Gasteiger partial charge in [0.15, 0.2) is 0 Å². The first-order valence-corrected chi connectivity index (χ1v) is 21.4. The monoisotopic (exact) mass is 785 g/mol. The zero-order chi connectivity index (χ0) is 41.2. The summed E-state index contributed by atoms with van der Waals surface area (Å²) in [4.78, 5) is 41.8. The van der Waals surface area contributed by atoms with Crippen molar-refractivity contribution in [2.24, 2.45) is 10.8 Å². The fraction of sp³-hybridized carbons (Fsp3) is 0.775. The molecule has 4 amide bonds. The highest BCUT2D eigenvalue weighted by molar-refractivity contribution is 7.91. The number of alkyl halides is 2. The molecule has 1 aromatic rings. The van der Waals surface area contributed by atoms with E-state index in [4.69, 9.17) is 0 Å². The van der Waals surface area contributed by atoms with E-state index < -0.39 is 75.5 Å². The largest absolute Gasteiger partial charge is 0.376 e. The van der Waals surface area contributed by atoms with Gasteiger partial charge in [-0.3, -0.25) is 14.5 Å². The van der Waals surface area contributed by atoms with E-state index in [1.54, 1.807) is 4.90 Å². The van der Waals surface area contributed by atoms with Gasteiger partial charge in [0.25, 0.3) is 0 Å². The number of carbonyl (C=O) groups is 3. The van der Waals surface area contributed by atoms with E-state index in [1.165, 1.54) is 11.8 Å². The molecule has 0 radical (unpaired) electrons. The number of rotatable bonds is 18. The second-order valence-corrected chi connectivity index (χ2v) is 20.5. The van der Waals surface area contributed by atoms with E-state index in [0.717, 1.165) is 5.56 Å². The van der Waals surface area contributed by atoms with Crippen molar-refractivity contribution in [2.45, 2.75) is 168 Å². The van der Waals surface area contributed by atoms with Crippen molar-refractivity contribution in [3.63, 3.8) is 0 Å². The first-order valence-electron chi connectivity index (χ1n) is 19.4. The third-order valence-corrected chi connectivity index (χ3v) is 12.2. The molecular weight excluding hydrogens is 717 g/mol. The third kappa shape index (κ3) is 15.0. The Morgan fingerprint density at radius 1 is 0.926 bits per heavy atom. The van der Waals surface area contributed by atoms with E-state index in [9.17, 15) is 36.7 Å². The molecule has 54 heavy (non-hydrogen) atoms. The molecule has 0 bridgehead atoms. The number of nitrogens with one attached hydrogen (secondary N) is 4. The Morgan fingerprint density at radius 3 is 2.04 bits per heavy atom. The molecule has 1 aliphatic rings. The first-order chi connectivity index (χ1) is 24.7. The Hall–Kier alpha value is -2.84. The van der Waals surface area contributed by atoms with Crippen molar-refractivity contribution in [1.82, 2.24) is 26.2 Å². The van der Waals surface area contributed by atoms with Crippen LogP contribution in [-0.4, -0.2) is 97.7 Å². The molecule has 1 fully saturated rings. The van der Waals surface area contributed by atoms with Crippen molar-refractivity contribution in [2.75, 3.05) is 19.3 Å². The number of hydrogen-bond donors (Lipinski definition) is 5. The molecule has 0 saturated carbocycles. The number of hydrogen-bond acceptors (Lipinski definition) is 7. The van der Waals surface area contributed by atoms with Gasteiger partial charge in [0, 0.05) is 31.8 Å². The molecule has 14 heteroatoms. The van der Waals surface area contributed by atoms with Crippen LogP contribution >= 0.6 is 0 Å². The molecule has 0 spiro atoms. The predicted octanol–water partition coefficient (Wildman–Crippen LogP) is 5.69. The van der Waals surface area contributed by atoms with E-state index in [2.05, 4.69) is 42.0 Å². The molecule has 11 nitrogen and oxygen atoms in total. The molecule has 1 aliphatic heterocycles. The summed E-state index contributed by atoms with van der Waals surface area (Å²) in [5.74, 6) is -1.35. The summed E-state index contributed by atoms with van der Waals surface area (Å²) >= 11 is 0. The Kier molecular flexibility index (Phi) is 17.4. The van der Waals surface area contributed by atoms with Crippen molar-refractivity contribution in [1.29, 1.82) is 0 Å². The van der Waals surface area contributed by atoms with Crippen molar-refractivity contribution in [3.05, 3.63) is 35.4 Å². The molecule has 5 N–H and O–H groups in total. The number of benzene rings is 1. The van der Waals surface area contributed by atoms with Gasteiger partial charge in [-0.25, -0.2) is 22.0 Å². The van der Waals surface area contributed by atoms with Crippen LogP contribution in [0, 0.1) is 10.8 Å². The lowest BCUT2D eigenvalue weighted by atomic mass is 9.83. The molecule has 6 atom stereocenters. The number of sulfone groups is 1. The minimum absolute atomic E-state index is 0.00325. The van der Waals surface area contributed by atoms with E-state index in [0.29, 0.717) is 51.5 Å². The molecule has 0 aliphatic carbocycles. The number of aliphatic hydroxyl groups excluding tert-OH is 1. The summed E-state index contributed by atoms with van der Waals surface area (Å²) < 4.78 is 51.5. The average Bonchev–Trinajstić information content (AvgIpc) is 3.53. The van der Waals surface area contributed by atoms with Crippen LogP contribution in [-0.2, 0) is 31.3 Å². The topological polar surface area (TPSA) is 157 Å².